The van der Waals surface area contributed by atoms with Crippen molar-refractivity contribution in [3.8, 4) is 11.5 Å². The summed E-state index contributed by atoms with van der Waals surface area (Å²) in [7, 11) is -2.24. The van der Waals surface area contributed by atoms with Crippen molar-refractivity contribution >= 4 is 16.6 Å². The highest BCUT2D eigenvalue weighted by molar-refractivity contribution is 6.75. The minimum atomic E-state index is -2.10. The molecule has 0 aliphatic heterocycles. The third kappa shape index (κ3) is 6.07. The van der Waals surface area contributed by atoms with Crippen molar-refractivity contribution in [3.63, 3.8) is 0 Å². The number of hydrogen-bond acceptors (Lipinski definition) is 4. The summed E-state index contributed by atoms with van der Waals surface area (Å²) >= 11 is 0. The second kappa shape index (κ2) is 9.65. The molecule has 0 saturated heterocycles. The Hall–Kier alpha value is -1.09. The minimum absolute atomic E-state index is 0.0501. The molecule has 2 unspecified atom stereocenters. The van der Waals surface area contributed by atoms with Crippen LogP contribution in [0.25, 0.3) is 0 Å². The van der Waals surface area contributed by atoms with E-state index in [0.29, 0.717) is 11.5 Å². The molecule has 0 aromatic heterocycles. The van der Waals surface area contributed by atoms with Crippen LogP contribution in [0.15, 0.2) is 29.8 Å². The maximum Gasteiger partial charge on any atom is 0.250 e. The fraction of sp³-hybridized carbons (Fsp3) is 0.692. The van der Waals surface area contributed by atoms with Crippen LogP contribution in [-0.4, -0.2) is 35.0 Å². The lowest BCUT2D eigenvalue weighted by Crippen LogP contribution is -2.44. The molecule has 1 aliphatic rings. The van der Waals surface area contributed by atoms with E-state index < -0.39 is 22.7 Å². The smallest absolute Gasteiger partial charge is 0.250 e. The van der Waals surface area contributed by atoms with Crippen LogP contribution in [0.1, 0.15) is 72.5 Å². The van der Waals surface area contributed by atoms with Gasteiger partial charge in [-0.2, -0.15) is 0 Å². The number of rotatable bonds is 7. The maximum absolute atomic E-state index is 11.4. The monoisotopic (exact) mass is 478 g/mol. The van der Waals surface area contributed by atoms with E-state index in [9.17, 15) is 5.11 Å². The first-order valence-electron chi connectivity index (χ1n) is 11.9. The lowest BCUT2D eigenvalue weighted by Gasteiger charge is -2.40. The van der Waals surface area contributed by atoms with Gasteiger partial charge in [0.25, 0.3) is 8.32 Å². The summed E-state index contributed by atoms with van der Waals surface area (Å²) in [5.41, 5.74) is 1.85. The fourth-order valence-electron chi connectivity index (χ4n) is 3.41. The summed E-state index contributed by atoms with van der Waals surface area (Å²) in [5, 5.41) is 11.6. The van der Waals surface area contributed by atoms with Gasteiger partial charge in [-0.05, 0) is 67.2 Å². The van der Waals surface area contributed by atoms with Gasteiger partial charge in [0.05, 0.1) is 7.11 Å². The Kier molecular flexibility index (Phi) is 8.19. The Labute approximate surface area is 198 Å². The molecule has 1 aliphatic carbocycles. The van der Waals surface area contributed by atoms with E-state index in [0.717, 1.165) is 30.4 Å². The van der Waals surface area contributed by atoms with Crippen molar-refractivity contribution < 1.29 is 18.7 Å². The molecule has 1 aromatic carbocycles. The number of aliphatic hydroxyl groups is 1. The molecule has 0 bridgehead atoms. The molecule has 0 fully saturated rings. The average Bonchev–Trinajstić information content (AvgIpc) is 2.66. The van der Waals surface area contributed by atoms with Gasteiger partial charge in [0, 0.05) is 11.7 Å². The predicted octanol–water partition coefficient (Wildman–Crippen LogP) is 7.61. The zero-order valence-corrected chi connectivity index (χ0v) is 24.3. The van der Waals surface area contributed by atoms with Crippen molar-refractivity contribution in [2.24, 2.45) is 0 Å². The van der Waals surface area contributed by atoms with E-state index in [1.165, 1.54) is 0 Å². The van der Waals surface area contributed by atoms with Gasteiger partial charge in [0.2, 0.25) is 0 Å². The maximum atomic E-state index is 11.4. The predicted molar refractivity (Wildman–Crippen MR) is 140 cm³/mol. The van der Waals surface area contributed by atoms with E-state index in [-0.39, 0.29) is 16.2 Å². The quantitative estimate of drug-likeness (QED) is 0.323. The van der Waals surface area contributed by atoms with E-state index >= 15 is 0 Å². The Bertz CT molecular complexity index is 816. The lowest BCUT2D eigenvalue weighted by molar-refractivity contribution is 0.154. The average molecular weight is 479 g/mol. The zero-order chi connectivity index (χ0) is 24.5. The number of benzene rings is 1. The Morgan fingerprint density at radius 3 is 2.03 bits per heavy atom. The van der Waals surface area contributed by atoms with Crippen molar-refractivity contribution in [1.29, 1.82) is 0 Å². The van der Waals surface area contributed by atoms with Gasteiger partial charge in [-0.15, -0.1) is 0 Å². The molecule has 0 radical (unpaired) electrons. The van der Waals surface area contributed by atoms with Crippen LogP contribution in [0.3, 0.4) is 0 Å². The largest absolute Gasteiger partial charge is 0.541 e. The SMILES string of the molecule is COc1cccc(C(O)C2=CCC(O[Si](C)(C)C(C)(C)C)CC2)c1O[Si](C)(C)C(C)(C)C. The van der Waals surface area contributed by atoms with Crippen molar-refractivity contribution in [1.82, 2.24) is 0 Å². The van der Waals surface area contributed by atoms with Gasteiger partial charge >= 0.3 is 0 Å². The summed E-state index contributed by atoms with van der Waals surface area (Å²) in [4.78, 5) is 0. The van der Waals surface area contributed by atoms with Crippen LogP contribution in [0, 0.1) is 0 Å². The topological polar surface area (TPSA) is 47.9 Å². The van der Waals surface area contributed by atoms with E-state index in [2.05, 4.69) is 73.8 Å². The van der Waals surface area contributed by atoms with Gasteiger partial charge in [-0.3, -0.25) is 0 Å². The van der Waals surface area contributed by atoms with Crippen LogP contribution >= 0.6 is 0 Å². The number of hydrogen-bond donors (Lipinski definition) is 1. The molecule has 0 amide bonds. The molecule has 2 rings (SSSR count). The van der Waals surface area contributed by atoms with Gasteiger partial charge < -0.3 is 18.7 Å². The highest BCUT2D eigenvalue weighted by atomic mass is 28.4. The Morgan fingerprint density at radius 1 is 0.969 bits per heavy atom. The number of aliphatic hydroxyl groups excluding tert-OH is 1. The van der Waals surface area contributed by atoms with Crippen LogP contribution in [0.2, 0.25) is 36.3 Å². The van der Waals surface area contributed by atoms with Gasteiger partial charge in [-0.1, -0.05) is 59.8 Å². The second-order valence-corrected chi connectivity index (χ2v) is 21.7. The molecule has 0 saturated carbocycles. The summed E-state index contributed by atoms with van der Waals surface area (Å²) in [6.07, 6.45) is 4.34. The fourth-order valence-corrected chi connectivity index (χ4v) is 5.84. The molecule has 32 heavy (non-hydrogen) atoms. The van der Waals surface area contributed by atoms with E-state index in [1.807, 2.05) is 18.2 Å². The summed E-state index contributed by atoms with van der Waals surface area (Å²) in [6.45, 7) is 22.5. The molecule has 1 aromatic rings. The normalized spacial score (nSPS) is 19.4. The first-order valence-corrected chi connectivity index (χ1v) is 17.7. The Balaban J connectivity index is 2.27. The molecule has 1 N–H and O–H groups in total. The number of methoxy groups -OCH3 is 1. The van der Waals surface area contributed by atoms with Crippen LogP contribution in [-0.2, 0) is 4.43 Å². The van der Waals surface area contributed by atoms with Crippen LogP contribution < -0.4 is 9.16 Å². The number of ether oxygens (including phenoxy) is 1. The second-order valence-electron chi connectivity index (χ2n) is 12.2. The minimum Gasteiger partial charge on any atom is -0.541 e. The summed E-state index contributed by atoms with van der Waals surface area (Å²) in [6, 6.07) is 5.81. The van der Waals surface area contributed by atoms with E-state index in [1.54, 1.807) is 7.11 Å². The summed E-state index contributed by atoms with van der Waals surface area (Å²) < 4.78 is 18.9. The molecule has 6 heteroatoms. The first-order chi connectivity index (χ1) is 14.5. The van der Waals surface area contributed by atoms with Crippen molar-refractivity contribution in [3.05, 3.63) is 35.4 Å². The molecule has 2 atom stereocenters. The lowest BCUT2D eigenvalue weighted by atomic mass is 9.90. The Morgan fingerprint density at radius 2 is 1.56 bits per heavy atom. The molecule has 4 nitrogen and oxygen atoms in total. The van der Waals surface area contributed by atoms with Crippen LogP contribution in [0.5, 0.6) is 11.5 Å². The number of para-hydroxylation sites is 1. The molecular formula is C26H46O4Si2. The third-order valence-corrected chi connectivity index (χ3v) is 16.6. The molecular weight excluding hydrogens is 432 g/mol. The molecule has 182 valence electrons. The molecule has 0 heterocycles. The van der Waals surface area contributed by atoms with Crippen molar-refractivity contribution in [2.75, 3.05) is 7.11 Å². The highest BCUT2D eigenvalue weighted by Crippen LogP contribution is 2.45. The first kappa shape index (κ1) is 27.2. The van der Waals surface area contributed by atoms with Gasteiger partial charge in [0.15, 0.2) is 19.8 Å². The van der Waals surface area contributed by atoms with E-state index in [4.69, 9.17) is 13.6 Å². The van der Waals surface area contributed by atoms with Crippen LogP contribution in [0.4, 0.5) is 0 Å². The zero-order valence-electron chi connectivity index (χ0n) is 22.3. The standard InChI is InChI=1S/C26H46O4Si2/c1-25(2,3)31(8,9)29-20-17-15-19(16-18-20)23(27)21-13-12-14-22(28-7)24(21)30-32(10,11)26(4,5)6/h12-15,20,23,27H,16-18H2,1-11H3. The highest BCUT2D eigenvalue weighted by Gasteiger charge is 2.41. The van der Waals surface area contributed by atoms with Gasteiger partial charge in [-0.25, -0.2) is 0 Å². The summed E-state index contributed by atoms with van der Waals surface area (Å²) in [5.74, 6) is 1.37. The molecule has 0 spiro atoms. The third-order valence-electron chi connectivity index (χ3n) is 7.70. The van der Waals surface area contributed by atoms with Gasteiger partial charge in [0.1, 0.15) is 6.10 Å². The van der Waals surface area contributed by atoms with Crippen molar-refractivity contribution in [2.45, 2.75) is 109 Å².